The zero-order chi connectivity index (χ0) is 22.3. The number of hydrogen-bond acceptors (Lipinski definition) is 5. The van der Waals surface area contributed by atoms with Crippen LogP contribution in [0.2, 0.25) is 0 Å². The number of amides is 2. The molecule has 2 amide bonds. The Balaban J connectivity index is 1.54. The Labute approximate surface area is 192 Å². The molecule has 0 radical (unpaired) electrons. The zero-order valence-electron chi connectivity index (χ0n) is 18.2. The Morgan fingerprint density at radius 2 is 1.78 bits per heavy atom. The van der Waals surface area contributed by atoms with Gasteiger partial charge in [-0.2, -0.15) is 0 Å². The van der Waals surface area contributed by atoms with Crippen molar-refractivity contribution in [1.82, 2.24) is 14.8 Å². The van der Waals surface area contributed by atoms with Gasteiger partial charge in [-0.15, -0.1) is 11.3 Å². The normalized spacial score (nSPS) is 13.6. The van der Waals surface area contributed by atoms with Gasteiger partial charge >= 0.3 is 0 Å². The van der Waals surface area contributed by atoms with Crippen molar-refractivity contribution in [2.45, 2.75) is 25.8 Å². The van der Waals surface area contributed by atoms with Gasteiger partial charge in [-0.25, -0.2) is 0 Å². The van der Waals surface area contributed by atoms with Crippen LogP contribution in [0.4, 0.5) is 0 Å². The predicted octanol–water partition coefficient (Wildman–Crippen LogP) is 4.47. The summed E-state index contributed by atoms with van der Waals surface area (Å²) in [6.45, 7) is 1.97. The van der Waals surface area contributed by atoms with Gasteiger partial charge in [-0.05, 0) is 48.6 Å². The van der Waals surface area contributed by atoms with Crippen LogP contribution in [0.1, 0.15) is 34.5 Å². The van der Waals surface area contributed by atoms with Gasteiger partial charge in [0.2, 0.25) is 0 Å². The van der Waals surface area contributed by atoms with Crippen molar-refractivity contribution in [2.75, 3.05) is 26.7 Å². The number of carbonyl (C=O) groups is 2. The van der Waals surface area contributed by atoms with Crippen molar-refractivity contribution in [3.05, 3.63) is 71.4 Å². The fourth-order valence-corrected chi connectivity index (χ4v) is 4.86. The molecule has 3 aromatic rings. The molecule has 7 heteroatoms. The summed E-state index contributed by atoms with van der Waals surface area (Å²) >= 11 is 1.39. The van der Waals surface area contributed by atoms with Gasteiger partial charge in [0.1, 0.15) is 10.6 Å². The number of likely N-dealkylation sites (tertiary alicyclic amines) is 1. The molecule has 0 atom stereocenters. The van der Waals surface area contributed by atoms with Crippen LogP contribution in [-0.2, 0) is 11.3 Å². The van der Waals surface area contributed by atoms with Crippen LogP contribution < -0.4 is 4.74 Å². The molecule has 1 saturated heterocycles. The van der Waals surface area contributed by atoms with E-state index >= 15 is 0 Å². The highest BCUT2D eigenvalue weighted by Gasteiger charge is 2.24. The standard InChI is InChI=1S/C25H27N3O3S/c1-27(17-19-10-12-26-13-11-19)25(30)24-21(16-22(32-24)20-8-4-2-5-9-20)31-18-23(29)28-14-6-3-7-15-28/h2,4-5,8-13,16H,3,6-7,14-15,17-18H2,1H3. The van der Waals surface area contributed by atoms with Crippen molar-refractivity contribution in [2.24, 2.45) is 0 Å². The van der Waals surface area contributed by atoms with Gasteiger partial charge in [-0.3, -0.25) is 14.6 Å². The summed E-state index contributed by atoms with van der Waals surface area (Å²) in [4.78, 5) is 34.9. The number of benzene rings is 1. The number of thiophene rings is 1. The monoisotopic (exact) mass is 449 g/mol. The van der Waals surface area contributed by atoms with Crippen LogP contribution in [-0.4, -0.2) is 53.3 Å². The third-order valence-corrected chi connectivity index (χ3v) is 6.68. The summed E-state index contributed by atoms with van der Waals surface area (Å²) in [5.41, 5.74) is 2.01. The molecule has 0 aliphatic carbocycles. The molecular weight excluding hydrogens is 422 g/mol. The van der Waals surface area contributed by atoms with Crippen molar-refractivity contribution in [1.29, 1.82) is 0 Å². The maximum Gasteiger partial charge on any atom is 0.267 e. The first kappa shape index (κ1) is 22.0. The molecule has 0 bridgehead atoms. The maximum atomic E-state index is 13.3. The highest BCUT2D eigenvalue weighted by atomic mass is 32.1. The number of rotatable bonds is 7. The van der Waals surface area contributed by atoms with Gasteiger partial charge < -0.3 is 14.5 Å². The lowest BCUT2D eigenvalue weighted by Gasteiger charge is -2.26. The molecule has 4 rings (SSSR count). The van der Waals surface area contributed by atoms with Gasteiger partial charge in [-0.1, -0.05) is 30.3 Å². The number of aromatic nitrogens is 1. The van der Waals surface area contributed by atoms with Gasteiger partial charge in [0.05, 0.1) is 0 Å². The third kappa shape index (κ3) is 5.34. The minimum Gasteiger partial charge on any atom is -0.482 e. The Morgan fingerprint density at radius 1 is 1.06 bits per heavy atom. The molecule has 1 fully saturated rings. The summed E-state index contributed by atoms with van der Waals surface area (Å²) in [5.74, 6) is 0.306. The second-order valence-electron chi connectivity index (χ2n) is 7.92. The smallest absolute Gasteiger partial charge is 0.267 e. The number of piperidine rings is 1. The van der Waals surface area contributed by atoms with Crippen LogP contribution in [0.15, 0.2) is 60.9 Å². The molecule has 0 unspecified atom stereocenters. The first-order valence-electron chi connectivity index (χ1n) is 10.9. The van der Waals surface area contributed by atoms with E-state index in [9.17, 15) is 9.59 Å². The van der Waals surface area contributed by atoms with E-state index in [0.29, 0.717) is 17.2 Å². The average molecular weight is 450 g/mol. The highest BCUT2D eigenvalue weighted by molar-refractivity contribution is 7.17. The summed E-state index contributed by atoms with van der Waals surface area (Å²) in [6.07, 6.45) is 6.66. The Kier molecular flexibility index (Phi) is 7.17. The Hall–Kier alpha value is -3.19. The number of ether oxygens (including phenoxy) is 1. The minimum atomic E-state index is -0.130. The van der Waals surface area contributed by atoms with Crippen LogP contribution >= 0.6 is 11.3 Å². The lowest BCUT2D eigenvalue weighted by Crippen LogP contribution is -2.38. The van der Waals surface area contributed by atoms with E-state index in [1.54, 1.807) is 24.3 Å². The summed E-state index contributed by atoms with van der Waals surface area (Å²) < 4.78 is 5.94. The summed E-state index contributed by atoms with van der Waals surface area (Å²) in [7, 11) is 1.77. The summed E-state index contributed by atoms with van der Waals surface area (Å²) in [6, 6.07) is 15.5. The fourth-order valence-electron chi connectivity index (χ4n) is 3.76. The Morgan fingerprint density at radius 3 is 2.50 bits per heavy atom. The van der Waals surface area contributed by atoms with Crippen LogP contribution in [0, 0.1) is 0 Å². The van der Waals surface area contributed by atoms with E-state index in [0.717, 1.165) is 48.4 Å². The van der Waals surface area contributed by atoms with E-state index in [4.69, 9.17) is 4.74 Å². The van der Waals surface area contributed by atoms with Crippen LogP contribution in [0.25, 0.3) is 10.4 Å². The number of carbonyl (C=O) groups excluding carboxylic acids is 2. The van der Waals surface area contributed by atoms with E-state index in [1.165, 1.54) is 11.3 Å². The van der Waals surface area contributed by atoms with Crippen molar-refractivity contribution in [3.63, 3.8) is 0 Å². The molecular formula is C25H27N3O3S. The predicted molar refractivity (Wildman–Crippen MR) is 126 cm³/mol. The first-order valence-corrected chi connectivity index (χ1v) is 11.7. The second kappa shape index (κ2) is 10.4. The van der Waals surface area contributed by atoms with E-state index in [1.807, 2.05) is 53.4 Å². The molecule has 3 heterocycles. The summed E-state index contributed by atoms with van der Waals surface area (Å²) in [5, 5.41) is 0. The molecule has 166 valence electrons. The third-order valence-electron chi connectivity index (χ3n) is 5.53. The molecule has 1 aliphatic rings. The molecule has 1 aromatic carbocycles. The molecule has 2 aromatic heterocycles. The molecule has 32 heavy (non-hydrogen) atoms. The number of nitrogens with zero attached hydrogens (tertiary/aromatic N) is 3. The van der Waals surface area contributed by atoms with Crippen molar-refractivity contribution in [3.8, 4) is 16.2 Å². The fraction of sp³-hybridized carbons (Fsp3) is 0.320. The average Bonchev–Trinajstić information content (AvgIpc) is 3.28. The van der Waals surface area contributed by atoms with Crippen LogP contribution in [0.3, 0.4) is 0 Å². The highest BCUT2D eigenvalue weighted by Crippen LogP contribution is 2.37. The SMILES string of the molecule is CN(Cc1ccncc1)C(=O)c1sc(-c2ccccc2)cc1OCC(=O)N1CCCCC1. The molecule has 6 nitrogen and oxygen atoms in total. The first-order chi connectivity index (χ1) is 15.6. The largest absolute Gasteiger partial charge is 0.482 e. The molecule has 1 aliphatic heterocycles. The quantitative estimate of drug-likeness (QED) is 0.534. The van der Waals surface area contributed by atoms with Crippen molar-refractivity contribution < 1.29 is 14.3 Å². The maximum absolute atomic E-state index is 13.3. The van der Waals surface area contributed by atoms with E-state index in [2.05, 4.69) is 4.98 Å². The van der Waals surface area contributed by atoms with Gasteiger partial charge in [0, 0.05) is 44.0 Å². The zero-order valence-corrected chi connectivity index (χ0v) is 19.0. The number of pyridine rings is 1. The second-order valence-corrected chi connectivity index (χ2v) is 8.97. The van der Waals surface area contributed by atoms with Crippen LogP contribution in [0.5, 0.6) is 5.75 Å². The lowest BCUT2D eigenvalue weighted by molar-refractivity contribution is -0.134. The van der Waals surface area contributed by atoms with E-state index in [-0.39, 0.29) is 18.4 Å². The van der Waals surface area contributed by atoms with E-state index < -0.39 is 0 Å². The Bertz CT molecular complexity index is 1050. The van der Waals surface area contributed by atoms with Gasteiger partial charge in [0.15, 0.2) is 6.61 Å². The molecule has 0 saturated carbocycles. The number of hydrogen-bond donors (Lipinski definition) is 0. The molecule has 0 spiro atoms. The topological polar surface area (TPSA) is 62.7 Å². The lowest BCUT2D eigenvalue weighted by atomic mass is 10.1. The minimum absolute atomic E-state index is 0.0271. The molecule has 0 N–H and O–H groups in total. The van der Waals surface area contributed by atoms with Gasteiger partial charge in [0.25, 0.3) is 11.8 Å². The van der Waals surface area contributed by atoms with Crippen molar-refractivity contribution >= 4 is 23.2 Å².